The Kier molecular flexibility index (Phi) is 4.13. The van der Waals surface area contributed by atoms with Gasteiger partial charge in [0.15, 0.2) is 0 Å². The first-order chi connectivity index (χ1) is 7.33. The van der Waals surface area contributed by atoms with Crippen molar-refractivity contribution in [3.05, 3.63) is 0 Å². The summed E-state index contributed by atoms with van der Waals surface area (Å²) in [6.45, 7) is 6.74. The average Bonchev–Trinajstić information content (AvgIpc) is 2.15. The first kappa shape index (κ1) is 13.2. The summed E-state index contributed by atoms with van der Waals surface area (Å²) < 4.78 is 17.9. The standard InChI is InChI=1S/C11H21FN2O2/c1-11(2,3)16-10(15)14-6-5-13(4)9(7-12)8-14/h9H,5-8H2,1-4H3. The lowest BCUT2D eigenvalue weighted by Gasteiger charge is -2.38. The van der Waals surface area contributed by atoms with Gasteiger partial charge in [0.05, 0.1) is 6.04 Å². The van der Waals surface area contributed by atoms with Crippen molar-refractivity contribution in [1.82, 2.24) is 9.80 Å². The number of alkyl halides is 1. The zero-order valence-electron chi connectivity index (χ0n) is 10.5. The summed E-state index contributed by atoms with van der Waals surface area (Å²) in [4.78, 5) is 15.3. The van der Waals surface area contributed by atoms with E-state index in [0.717, 1.165) is 0 Å². The number of piperazine rings is 1. The average molecular weight is 232 g/mol. The maximum Gasteiger partial charge on any atom is 0.410 e. The van der Waals surface area contributed by atoms with Gasteiger partial charge in [-0.2, -0.15) is 0 Å². The summed E-state index contributed by atoms with van der Waals surface area (Å²) in [7, 11) is 1.87. The second-order valence-electron chi connectivity index (χ2n) is 5.22. The Hall–Kier alpha value is -0.840. The summed E-state index contributed by atoms with van der Waals surface area (Å²) in [5.41, 5.74) is -0.494. The van der Waals surface area contributed by atoms with Gasteiger partial charge in [0.25, 0.3) is 0 Å². The first-order valence-corrected chi connectivity index (χ1v) is 5.57. The molecule has 5 heteroatoms. The van der Waals surface area contributed by atoms with Crippen LogP contribution in [0.1, 0.15) is 20.8 Å². The summed E-state index contributed by atoms with van der Waals surface area (Å²) in [6.07, 6.45) is -0.348. The number of nitrogens with zero attached hydrogens (tertiary/aromatic N) is 2. The number of amides is 1. The highest BCUT2D eigenvalue weighted by atomic mass is 19.1. The summed E-state index contributed by atoms with van der Waals surface area (Å²) in [5.74, 6) is 0. The van der Waals surface area contributed by atoms with Crippen molar-refractivity contribution < 1.29 is 13.9 Å². The van der Waals surface area contributed by atoms with Gasteiger partial charge in [-0.05, 0) is 27.8 Å². The Morgan fingerprint density at radius 1 is 1.44 bits per heavy atom. The van der Waals surface area contributed by atoms with Gasteiger partial charge in [-0.25, -0.2) is 9.18 Å². The number of carbonyl (C=O) groups excluding carboxylic acids is 1. The van der Waals surface area contributed by atoms with Crippen LogP contribution in [0.2, 0.25) is 0 Å². The van der Waals surface area contributed by atoms with E-state index >= 15 is 0 Å². The second kappa shape index (κ2) is 4.99. The molecule has 1 aliphatic heterocycles. The fraction of sp³-hybridized carbons (Fsp3) is 0.909. The summed E-state index contributed by atoms with van der Waals surface area (Å²) in [6, 6.07) is -0.207. The van der Waals surface area contributed by atoms with E-state index in [2.05, 4.69) is 0 Å². The summed E-state index contributed by atoms with van der Waals surface area (Å²) in [5, 5.41) is 0. The number of hydrogen-bond donors (Lipinski definition) is 0. The van der Waals surface area contributed by atoms with Crippen molar-refractivity contribution >= 4 is 6.09 Å². The predicted octanol–water partition coefficient (Wildman–Crippen LogP) is 1.51. The van der Waals surface area contributed by atoms with Gasteiger partial charge in [-0.15, -0.1) is 0 Å². The van der Waals surface area contributed by atoms with Crippen molar-refractivity contribution in [3.8, 4) is 0 Å². The normalized spacial score (nSPS) is 23.3. The minimum Gasteiger partial charge on any atom is -0.444 e. The van der Waals surface area contributed by atoms with Crippen molar-refractivity contribution in [3.63, 3.8) is 0 Å². The van der Waals surface area contributed by atoms with E-state index < -0.39 is 12.3 Å². The van der Waals surface area contributed by atoms with Crippen LogP contribution in [-0.4, -0.2) is 60.9 Å². The molecular formula is C11H21FN2O2. The maximum atomic E-state index is 12.7. The molecule has 1 unspecified atom stereocenters. The number of halogens is 1. The highest BCUT2D eigenvalue weighted by Crippen LogP contribution is 2.14. The van der Waals surface area contributed by atoms with Gasteiger partial charge >= 0.3 is 6.09 Å². The van der Waals surface area contributed by atoms with Gasteiger partial charge in [-0.1, -0.05) is 0 Å². The molecule has 16 heavy (non-hydrogen) atoms. The van der Waals surface area contributed by atoms with Crippen molar-refractivity contribution in [2.24, 2.45) is 0 Å². The zero-order valence-corrected chi connectivity index (χ0v) is 10.5. The van der Waals surface area contributed by atoms with Crippen molar-refractivity contribution in [1.29, 1.82) is 0 Å². The van der Waals surface area contributed by atoms with E-state index in [-0.39, 0.29) is 12.1 Å². The zero-order chi connectivity index (χ0) is 12.3. The van der Waals surface area contributed by atoms with E-state index in [1.165, 1.54) is 0 Å². The van der Waals surface area contributed by atoms with Crippen LogP contribution in [-0.2, 0) is 4.74 Å². The Morgan fingerprint density at radius 3 is 2.56 bits per heavy atom. The molecule has 1 rings (SSSR count). The van der Waals surface area contributed by atoms with Crippen molar-refractivity contribution in [2.75, 3.05) is 33.4 Å². The number of likely N-dealkylation sites (N-methyl/N-ethyl adjacent to an activating group) is 1. The van der Waals surface area contributed by atoms with Crippen LogP contribution < -0.4 is 0 Å². The summed E-state index contributed by atoms with van der Waals surface area (Å²) >= 11 is 0. The molecule has 0 radical (unpaired) electrons. The quantitative estimate of drug-likeness (QED) is 0.687. The molecule has 1 amide bonds. The monoisotopic (exact) mass is 232 g/mol. The molecule has 94 valence electrons. The van der Waals surface area contributed by atoms with Gasteiger partial charge in [0, 0.05) is 19.6 Å². The van der Waals surface area contributed by atoms with Crippen LogP contribution in [0.3, 0.4) is 0 Å². The Bertz CT molecular complexity index is 253. The van der Waals surface area contributed by atoms with E-state index in [9.17, 15) is 9.18 Å². The molecule has 0 saturated carbocycles. The maximum absolute atomic E-state index is 12.7. The molecule has 4 nitrogen and oxygen atoms in total. The highest BCUT2D eigenvalue weighted by molar-refractivity contribution is 5.68. The van der Waals surface area contributed by atoms with Crippen LogP contribution >= 0.6 is 0 Å². The lowest BCUT2D eigenvalue weighted by molar-refractivity contribution is 0.00527. The molecule has 0 aromatic carbocycles. The first-order valence-electron chi connectivity index (χ1n) is 5.57. The highest BCUT2D eigenvalue weighted by Gasteiger charge is 2.29. The van der Waals surface area contributed by atoms with Crippen LogP contribution in [0.15, 0.2) is 0 Å². The molecular weight excluding hydrogens is 211 g/mol. The van der Waals surface area contributed by atoms with Gasteiger partial charge < -0.3 is 9.64 Å². The fourth-order valence-electron chi connectivity index (χ4n) is 1.60. The molecule has 1 aliphatic rings. The largest absolute Gasteiger partial charge is 0.444 e. The molecule has 0 aromatic rings. The smallest absolute Gasteiger partial charge is 0.410 e. The molecule has 0 aliphatic carbocycles. The minimum atomic E-state index is -0.494. The third kappa shape index (κ3) is 3.63. The Labute approximate surface area is 96.3 Å². The lowest BCUT2D eigenvalue weighted by Crippen LogP contribution is -2.54. The number of ether oxygens (including phenoxy) is 1. The molecule has 1 fully saturated rings. The molecule has 1 heterocycles. The van der Waals surface area contributed by atoms with E-state index in [1.54, 1.807) is 4.90 Å². The number of carbonyl (C=O) groups is 1. The second-order valence-corrected chi connectivity index (χ2v) is 5.22. The topological polar surface area (TPSA) is 32.8 Å². The van der Waals surface area contributed by atoms with Gasteiger partial charge in [0.1, 0.15) is 12.3 Å². The molecule has 1 atom stereocenters. The SMILES string of the molecule is CN1CCN(C(=O)OC(C)(C)C)CC1CF. The molecule has 0 aromatic heterocycles. The Balaban J connectivity index is 2.52. The minimum absolute atomic E-state index is 0.207. The Morgan fingerprint density at radius 2 is 2.06 bits per heavy atom. The third-order valence-corrected chi connectivity index (χ3v) is 2.61. The van der Waals surface area contributed by atoms with E-state index in [0.29, 0.717) is 19.6 Å². The number of hydrogen-bond acceptors (Lipinski definition) is 3. The third-order valence-electron chi connectivity index (χ3n) is 2.61. The van der Waals surface area contributed by atoms with Gasteiger partial charge in [0.2, 0.25) is 0 Å². The van der Waals surface area contributed by atoms with Crippen LogP contribution in [0, 0.1) is 0 Å². The van der Waals surface area contributed by atoms with Crippen molar-refractivity contribution in [2.45, 2.75) is 32.4 Å². The van der Waals surface area contributed by atoms with Gasteiger partial charge in [-0.3, -0.25) is 4.90 Å². The lowest BCUT2D eigenvalue weighted by atomic mass is 10.2. The van der Waals surface area contributed by atoms with Crippen LogP contribution in [0.25, 0.3) is 0 Å². The predicted molar refractivity (Wildman–Crippen MR) is 60.2 cm³/mol. The van der Waals surface area contributed by atoms with E-state index in [1.807, 2.05) is 32.7 Å². The van der Waals surface area contributed by atoms with Crippen LogP contribution in [0.5, 0.6) is 0 Å². The molecule has 1 saturated heterocycles. The number of rotatable bonds is 1. The molecule has 0 bridgehead atoms. The van der Waals surface area contributed by atoms with Crippen LogP contribution in [0.4, 0.5) is 9.18 Å². The fourth-order valence-corrected chi connectivity index (χ4v) is 1.60. The molecule has 0 spiro atoms. The van der Waals surface area contributed by atoms with E-state index in [4.69, 9.17) is 4.74 Å². The molecule has 0 N–H and O–H groups in total.